The molecule has 0 radical (unpaired) electrons. The zero-order chi connectivity index (χ0) is 11.1. The molecule has 0 aliphatic carbocycles. The van der Waals surface area contributed by atoms with Gasteiger partial charge in [0.2, 0.25) is 5.65 Å². The van der Waals surface area contributed by atoms with Crippen LogP contribution in [0.15, 0.2) is 18.7 Å². The number of aromatic nitrogens is 4. The number of nitrogens with zero attached hydrogens (tertiary/aromatic N) is 5. The van der Waals surface area contributed by atoms with Gasteiger partial charge in [0.25, 0.3) is 0 Å². The molecule has 6 heteroatoms. The highest BCUT2D eigenvalue weighted by Crippen LogP contribution is 2.23. The summed E-state index contributed by atoms with van der Waals surface area (Å²) in [5, 5.41) is 7.97. The van der Waals surface area contributed by atoms with E-state index in [9.17, 15) is 0 Å². The summed E-state index contributed by atoms with van der Waals surface area (Å²) in [5.74, 6) is 1.37. The van der Waals surface area contributed by atoms with E-state index in [4.69, 9.17) is 5.73 Å². The Balaban J connectivity index is 2.03. The van der Waals surface area contributed by atoms with Crippen molar-refractivity contribution in [1.82, 2.24) is 19.6 Å². The number of rotatable bonds is 1. The monoisotopic (exact) mass is 218 g/mol. The summed E-state index contributed by atoms with van der Waals surface area (Å²) in [6.45, 7) is 3.93. The van der Waals surface area contributed by atoms with Gasteiger partial charge in [-0.1, -0.05) is 6.92 Å². The minimum atomic E-state index is 0.213. The molecule has 2 N–H and O–H groups in total. The van der Waals surface area contributed by atoms with E-state index in [1.807, 2.05) is 10.6 Å². The van der Waals surface area contributed by atoms with E-state index in [0.717, 1.165) is 24.6 Å². The molecular formula is C10H14N6. The lowest BCUT2D eigenvalue weighted by molar-refractivity contribution is 0.566. The minimum Gasteiger partial charge on any atom is -0.352 e. The fraction of sp³-hybridized carbons (Fsp3) is 0.500. The highest BCUT2D eigenvalue weighted by molar-refractivity contribution is 5.63. The van der Waals surface area contributed by atoms with Crippen LogP contribution in [0, 0.1) is 5.92 Å². The standard InChI is InChI=1S/C10H14N6/c1-7-4-16(5-8(7)11)9-10-14-13-6-15(10)3-2-12-9/h2-3,6-8H,4-5,11H2,1H3. The molecule has 1 saturated heterocycles. The third-order valence-corrected chi connectivity index (χ3v) is 3.17. The van der Waals surface area contributed by atoms with E-state index in [2.05, 4.69) is 27.0 Å². The smallest absolute Gasteiger partial charge is 0.203 e. The third-order valence-electron chi connectivity index (χ3n) is 3.17. The molecule has 0 amide bonds. The molecule has 6 nitrogen and oxygen atoms in total. The number of nitrogens with two attached hydrogens (primary N) is 1. The summed E-state index contributed by atoms with van der Waals surface area (Å²) in [7, 11) is 0. The largest absolute Gasteiger partial charge is 0.352 e. The van der Waals surface area contributed by atoms with Crippen LogP contribution in [0.4, 0.5) is 5.82 Å². The summed E-state index contributed by atoms with van der Waals surface area (Å²) >= 11 is 0. The van der Waals surface area contributed by atoms with Gasteiger partial charge in [0.15, 0.2) is 5.82 Å². The van der Waals surface area contributed by atoms with E-state index < -0.39 is 0 Å². The summed E-state index contributed by atoms with van der Waals surface area (Å²) in [6, 6.07) is 0.213. The van der Waals surface area contributed by atoms with Crippen LogP contribution in [-0.4, -0.2) is 38.7 Å². The average Bonchev–Trinajstić information content (AvgIpc) is 2.85. The average molecular weight is 218 g/mol. The van der Waals surface area contributed by atoms with Crippen LogP contribution in [0.25, 0.3) is 5.65 Å². The first-order valence-electron chi connectivity index (χ1n) is 5.40. The molecule has 3 rings (SSSR count). The zero-order valence-corrected chi connectivity index (χ0v) is 9.11. The Morgan fingerprint density at radius 2 is 2.31 bits per heavy atom. The van der Waals surface area contributed by atoms with E-state index in [-0.39, 0.29) is 6.04 Å². The van der Waals surface area contributed by atoms with Gasteiger partial charge in [-0.05, 0) is 5.92 Å². The molecule has 0 saturated carbocycles. The van der Waals surface area contributed by atoms with Crippen molar-refractivity contribution >= 4 is 11.5 Å². The first kappa shape index (κ1) is 9.53. The van der Waals surface area contributed by atoms with Crippen LogP contribution >= 0.6 is 0 Å². The maximum Gasteiger partial charge on any atom is 0.203 e. The van der Waals surface area contributed by atoms with Crippen molar-refractivity contribution in [3.8, 4) is 0 Å². The first-order valence-corrected chi connectivity index (χ1v) is 5.40. The fourth-order valence-corrected chi connectivity index (χ4v) is 2.13. The van der Waals surface area contributed by atoms with Crippen LogP contribution in [0.2, 0.25) is 0 Å². The summed E-state index contributed by atoms with van der Waals surface area (Å²) in [6.07, 6.45) is 5.29. The van der Waals surface area contributed by atoms with Crippen LogP contribution in [0.3, 0.4) is 0 Å². The van der Waals surface area contributed by atoms with Crippen molar-refractivity contribution in [3.05, 3.63) is 18.7 Å². The highest BCUT2D eigenvalue weighted by Gasteiger charge is 2.28. The normalized spacial score (nSPS) is 25.5. The topological polar surface area (TPSA) is 72.3 Å². The Kier molecular flexibility index (Phi) is 2.03. The molecule has 3 heterocycles. The predicted molar refractivity (Wildman–Crippen MR) is 60.1 cm³/mol. The second-order valence-electron chi connectivity index (χ2n) is 4.36. The highest BCUT2D eigenvalue weighted by atomic mass is 15.3. The quantitative estimate of drug-likeness (QED) is 0.724. The van der Waals surface area contributed by atoms with Gasteiger partial charge in [-0.15, -0.1) is 10.2 Å². The van der Waals surface area contributed by atoms with Crippen molar-refractivity contribution in [2.75, 3.05) is 18.0 Å². The third kappa shape index (κ3) is 1.34. The van der Waals surface area contributed by atoms with Crippen LogP contribution < -0.4 is 10.6 Å². The molecule has 0 spiro atoms. The maximum absolute atomic E-state index is 6.01. The van der Waals surface area contributed by atoms with Crippen molar-refractivity contribution < 1.29 is 0 Å². The van der Waals surface area contributed by atoms with Crippen molar-refractivity contribution in [2.24, 2.45) is 11.7 Å². The Morgan fingerprint density at radius 3 is 3.06 bits per heavy atom. The van der Waals surface area contributed by atoms with Crippen LogP contribution in [0.5, 0.6) is 0 Å². The lowest BCUT2D eigenvalue weighted by atomic mass is 10.1. The first-order chi connectivity index (χ1) is 7.75. The van der Waals surface area contributed by atoms with Gasteiger partial charge < -0.3 is 10.6 Å². The van der Waals surface area contributed by atoms with Gasteiger partial charge >= 0.3 is 0 Å². The molecule has 84 valence electrons. The summed E-state index contributed by atoms with van der Waals surface area (Å²) in [5.41, 5.74) is 6.81. The number of hydrogen-bond donors (Lipinski definition) is 1. The predicted octanol–water partition coefficient (Wildman–Crippen LogP) is -0.0923. The fourth-order valence-electron chi connectivity index (χ4n) is 2.13. The molecular weight excluding hydrogens is 204 g/mol. The van der Waals surface area contributed by atoms with Crippen molar-refractivity contribution in [2.45, 2.75) is 13.0 Å². The van der Waals surface area contributed by atoms with Gasteiger partial charge in [0, 0.05) is 31.5 Å². The zero-order valence-electron chi connectivity index (χ0n) is 9.11. The Hall–Kier alpha value is -1.69. The van der Waals surface area contributed by atoms with Gasteiger partial charge in [0.05, 0.1) is 0 Å². The molecule has 2 unspecified atom stereocenters. The van der Waals surface area contributed by atoms with Crippen molar-refractivity contribution in [3.63, 3.8) is 0 Å². The second kappa shape index (κ2) is 3.41. The van der Waals surface area contributed by atoms with Gasteiger partial charge in [-0.2, -0.15) is 0 Å². The van der Waals surface area contributed by atoms with Gasteiger partial charge in [0.1, 0.15) is 6.33 Å². The number of anilines is 1. The summed E-state index contributed by atoms with van der Waals surface area (Å²) in [4.78, 5) is 6.56. The maximum atomic E-state index is 6.01. The van der Waals surface area contributed by atoms with Crippen LogP contribution in [-0.2, 0) is 0 Å². The molecule has 1 aliphatic heterocycles. The van der Waals surface area contributed by atoms with E-state index in [1.54, 1.807) is 12.5 Å². The lowest BCUT2D eigenvalue weighted by Crippen LogP contribution is -2.28. The number of fused-ring (bicyclic) bond motifs is 1. The molecule has 2 aromatic heterocycles. The van der Waals surface area contributed by atoms with Gasteiger partial charge in [-0.3, -0.25) is 4.40 Å². The van der Waals surface area contributed by atoms with Crippen molar-refractivity contribution in [1.29, 1.82) is 0 Å². The second-order valence-corrected chi connectivity index (χ2v) is 4.36. The SMILES string of the molecule is CC1CN(c2nccn3cnnc23)CC1N. The molecule has 0 bridgehead atoms. The van der Waals surface area contributed by atoms with E-state index in [1.165, 1.54) is 0 Å². The molecule has 1 aliphatic rings. The molecule has 2 aromatic rings. The molecule has 0 aromatic carbocycles. The van der Waals surface area contributed by atoms with Gasteiger partial charge in [-0.25, -0.2) is 4.98 Å². The molecule has 16 heavy (non-hydrogen) atoms. The summed E-state index contributed by atoms with van der Waals surface area (Å²) < 4.78 is 1.87. The Labute approximate surface area is 93.1 Å². The van der Waals surface area contributed by atoms with Crippen LogP contribution in [0.1, 0.15) is 6.92 Å². The van der Waals surface area contributed by atoms with E-state index in [0.29, 0.717) is 5.92 Å². The Bertz CT molecular complexity index is 497. The van der Waals surface area contributed by atoms with E-state index >= 15 is 0 Å². The molecule has 1 fully saturated rings. The lowest BCUT2D eigenvalue weighted by Gasteiger charge is -2.16. The molecule has 2 atom stereocenters. The number of hydrogen-bond acceptors (Lipinski definition) is 5. The Morgan fingerprint density at radius 1 is 1.44 bits per heavy atom. The minimum absolute atomic E-state index is 0.213.